The topological polar surface area (TPSA) is 58.0 Å². The first kappa shape index (κ1) is 18.5. The molecule has 140 valence electrons. The van der Waals surface area contributed by atoms with E-state index in [1.807, 2.05) is 0 Å². The molecule has 2 aromatic heterocycles. The Kier molecular flexibility index (Phi) is 5.07. The molecular formula is C19H27FN6. The molecule has 0 radical (unpaired) electrons. The van der Waals surface area contributed by atoms with E-state index < -0.39 is 5.82 Å². The highest BCUT2D eigenvalue weighted by Gasteiger charge is 2.26. The molecule has 0 aromatic carbocycles. The number of rotatable bonds is 3. The molecule has 0 bridgehead atoms. The van der Waals surface area contributed by atoms with E-state index in [2.05, 4.69) is 54.4 Å². The standard InChI is InChI=1S/C19H27FN6/c1-6-15-13(2)23-17(19(3,4)5)24-16(15)25-7-9-26(10-8-25)18-21-11-14(20)12-22-18/h11-12H,6-10H2,1-5H3. The second kappa shape index (κ2) is 7.13. The van der Waals surface area contributed by atoms with Crippen LogP contribution in [0.1, 0.15) is 44.8 Å². The van der Waals surface area contributed by atoms with Crippen LogP contribution in [-0.2, 0) is 11.8 Å². The smallest absolute Gasteiger partial charge is 0.225 e. The van der Waals surface area contributed by atoms with Crippen molar-refractivity contribution in [1.82, 2.24) is 19.9 Å². The van der Waals surface area contributed by atoms with E-state index in [4.69, 9.17) is 9.97 Å². The van der Waals surface area contributed by atoms with Crippen molar-refractivity contribution in [3.05, 3.63) is 35.3 Å². The number of anilines is 2. The van der Waals surface area contributed by atoms with Gasteiger partial charge in [0.15, 0.2) is 5.82 Å². The molecule has 0 saturated carbocycles. The predicted molar refractivity (Wildman–Crippen MR) is 101 cm³/mol. The van der Waals surface area contributed by atoms with Crippen LogP contribution in [0.4, 0.5) is 16.2 Å². The molecule has 0 N–H and O–H groups in total. The van der Waals surface area contributed by atoms with E-state index >= 15 is 0 Å². The van der Waals surface area contributed by atoms with Gasteiger partial charge in [-0.2, -0.15) is 0 Å². The van der Waals surface area contributed by atoms with Crippen LogP contribution in [-0.4, -0.2) is 46.1 Å². The lowest BCUT2D eigenvalue weighted by Crippen LogP contribution is -2.48. The van der Waals surface area contributed by atoms with Gasteiger partial charge in [0.05, 0.1) is 12.4 Å². The number of piperazine rings is 1. The molecule has 6 nitrogen and oxygen atoms in total. The van der Waals surface area contributed by atoms with Crippen molar-refractivity contribution in [3.63, 3.8) is 0 Å². The Balaban J connectivity index is 1.82. The molecular weight excluding hydrogens is 331 g/mol. The lowest BCUT2D eigenvalue weighted by atomic mass is 9.95. The summed E-state index contributed by atoms with van der Waals surface area (Å²) in [6, 6.07) is 0. The van der Waals surface area contributed by atoms with Gasteiger partial charge in [-0.15, -0.1) is 0 Å². The molecule has 1 aliphatic heterocycles. The summed E-state index contributed by atoms with van der Waals surface area (Å²) in [5.74, 6) is 2.10. The van der Waals surface area contributed by atoms with Crippen LogP contribution in [0.3, 0.4) is 0 Å². The molecule has 2 aromatic rings. The summed E-state index contributed by atoms with van der Waals surface area (Å²) in [6.07, 6.45) is 3.34. The number of aromatic nitrogens is 4. The van der Waals surface area contributed by atoms with E-state index in [1.165, 1.54) is 18.0 Å². The van der Waals surface area contributed by atoms with Gasteiger partial charge in [-0.3, -0.25) is 0 Å². The normalized spacial score (nSPS) is 15.5. The third-order valence-corrected chi connectivity index (χ3v) is 4.69. The fourth-order valence-corrected chi connectivity index (χ4v) is 3.18. The summed E-state index contributed by atoms with van der Waals surface area (Å²) >= 11 is 0. The quantitative estimate of drug-likeness (QED) is 0.841. The third-order valence-electron chi connectivity index (χ3n) is 4.69. The predicted octanol–water partition coefficient (Wildman–Crippen LogP) is 2.90. The van der Waals surface area contributed by atoms with Gasteiger partial charge in [-0.05, 0) is 13.3 Å². The summed E-state index contributed by atoms with van der Waals surface area (Å²) in [4.78, 5) is 22.2. The number of halogens is 1. The molecule has 1 aliphatic rings. The highest BCUT2D eigenvalue weighted by Crippen LogP contribution is 2.27. The van der Waals surface area contributed by atoms with Gasteiger partial charge < -0.3 is 9.80 Å². The van der Waals surface area contributed by atoms with Gasteiger partial charge in [0.2, 0.25) is 5.95 Å². The summed E-state index contributed by atoms with van der Waals surface area (Å²) in [6.45, 7) is 13.9. The minimum absolute atomic E-state index is 0.0877. The van der Waals surface area contributed by atoms with Crippen molar-refractivity contribution >= 4 is 11.8 Å². The van der Waals surface area contributed by atoms with E-state index in [-0.39, 0.29) is 5.41 Å². The molecule has 1 saturated heterocycles. The van der Waals surface area contributed by atoms with Crippen LogP contribution in [0.25, 0.3) is 0 Å². The van der Waals surface area contributed by atoms with E-state index in [0.717, 1.165) is 49.9 Å². The monoisotopic (exact) mass is 358 g/mol. The fourth-order valence-electron chi connectivity index (χ4n) is 3.18. The average Bonchev–Trinajstić information content (AvgIpc) is 2.61. The lowest BCUT2D eigenvalue weighted by Gasteiger charge is -2.36. The fraction of sp³-hybridized carbons (Fsp3) is 0.579. The SMILES string of the molecule is CCc1c(C)nc(C(C)(C)C)nc1N1CCN(c2ncc(F)cn2)CC1. The van der Waals surface area contributed by atoms with Crippen molar-refractivity contribution in [2.45, 2.75) is 46.5 Å². The first-order chi connectivity index (χ1) is 12.3. The van der Waals surface area contributed by atoms with Crippen molar-refractivity contribution in [2.75, 3.05) is 36.0 Å². The Morgan fingerprint density at radius 1 is 1.00 bits per heavy atom. The van der Waals surface area contributed by atoms with Crippen molar-refractivity contribution < 1.29 is 4.39 Å². The van der Waals surface area contributed by atoms with Crippen molar-refractivity contribution in [1.29, 1.82) is 0 Å². The van der Waals surface area contributed by atoms with Crippen LogP contribution in [0.5, 0.6) is 0 Å². The first-order valence-corrected chi connectivity index (χ1v) is 9.15. The van der Waals surface area contributed by atoms with Gasteiger partial charge >= 0.3 is 0 Å². The molecule has 0 unspecified atom stereocenters. The second-order valence-electron chi connectivity index (χ2n) is 7.71. The van der Waals surface area contributed by atoms with E-state index in [9.17, 15) is 4.39 Å². The van der Waals surface area contributed by atoms with E-state index in [0.29, 0.717) is 5.95 Å². The number of hydrogen-bond acceptors (Lipinski definition) is 6. The van der Waals surface area contributed by atoms with Crippen LogP contribution < -0.4 is 9.80 Å². The maximum Gasteiger partial charge on any atom is 0.225 e. The van der Waals surface area contributed by atoms with Crippen molar-refractivity contribution in [2.24, 2.45) is 0 Å². The van der Waals surface area contributed by atoms with Crippen LogP contribution in [0, 0.1) is 12.7 Å². The Bertz CT molecular complexity index is 761. The summed E-state index contributed by atoms with van der Waals surface area (Å²) in [5.41, 5.74) is 2.19. The zero-order chi connectivity index (χ0) is 18.9. The Labute approximate surface area is 154 Å². The molecule has 0 atom stereocenters. The largest absolute Gasteiger partial charge is 0.353 e. The molecule has 3 heterocycles. The van der Waals surface area contributed by atoms with Gasteiger partial charge in [0, 0.05) is 42.9 Å². The van der Waals surface area contributed by atoms with Gasteiger partial charge in [0.1, 0.15) is 11.6 Å². The Hall–Kier alpha value is -2.31. The van der Waals surface area contributed by atoms with Gasteiger partial charge in [-0.1, -0.05) is 27.7 Å². The van der Waals surface area contributed by atoms with Gasteiger partial charge in [0.25, 0.3) is 0 Å². The van der Waals surface area contributed by atoms with E-state index in [1.54, 1.807) is 0 Å². The maximum absolute atomic E-state index is 13.0. The molecule has 0 spiro atoms. The van der Waals surface area contributed by atoms with Crippen LogP contribution >= 0.6 is 0 Å². The summed E-state index contributed by atoms with van der Waals surface area (Å²) < 4.78 is 13.0. The number of aryl methyl sites for hydroxylation is 1. The zero-order valence-corrected chi connectivity index (χ0v) is 16.3. The molecule has 0 amide bonds. The average molecular weight is 358 g/mol. The molecule has 26 heavy (non-hydrogen) atoms. The van der Waals surface area contributed by atoms with Gasteiger partial charge in [-0.25, -0.2) is 24.3 Å². The molecule has 1 fully saturated rings. The number of hydrogen-bond donors (Lipinski definition) is 0. The summed E-state index contributed by atoms with van der Waals surface area (Å²) in [5, 5.41) is 0. The molecule has 7 heteroatoms. The zero-order valence-electron chi connectivity index (χ0n) is 16.3. The first-order valence-electron chi connectivity index (χ1n) is 9.15. The highest BCUT2D eigenvalue weighted by atomic mass is 19.1. The van der Waals surface area contributed by atoms with Crippen LogP contribution in [0.2, 0.25) is 0 Å². The van der Waals surface area contributed by atoms with Crippen LogP contribution in [0.15, 0.2) is 12.4 Å². The molecule has 0 aliphatic carbocycles. The highest BCUT2D eigenvalue weighted by molar-refractivity contribution is 5.51. The van der Waals surface area contributed by atoms with Crippen molar-refractivity contribution in [3.8, 4) is 0 Å². The Morgan fingerprint density at radius 3 is 2.12 bits per heavy atom. The third kappa shape index (κ3) is 3.76. The maximum atomic E-state index is 13.0. The molecule has 3 rings (SSSR count). The lowest BCUT2D eigenvalue weighted by molar-refractivity contribution is 0.537. The summed E-state index contributed by atoms with van der Waals surface area (Å²) in [7, 11) is 0. The Morgan fingerprint density at radius 2 is 1.58 bits per heavy atom. The second-order valence-corrected chi connectivity index (χ2v) is 7.71. The minimum atomic E-state index is -0.411. The minimum Gasteiger partial charge on any atom is -0.353 e. The number of nitrogens with zero attached hydrogens (tertiary/aromatic N) is 6.